The lowest BCUT2D eigenvalue weighted by atomic mass is 10.0. The Bertz CT molecular complexity index is 380. The molecule has 1 fully saturated rings. The number of likely N-dealkylation sites (tertiary alicyclic amines) is 1. The first-order chi connectivity index (χ1) is 8.60. The van der Waals surface area contributed by atoms with Crippen LogP contribution in [0.25, 0.3) is 0 Å². The van der Waals surface area contributed by atoms with Crippen LogP contribution in [0.15, 0.2) is 12.4 Å². The predicted octanol–water partition coefficient (Wildman–Crippen LogP) is 0.943. The maximum Gasteiger partial charge on any atom is 0.239 e. The van der Waals surface area contributed by atoms with E-state index in [1.807, 2.05) is 13.8 Å². The van der Waals surface area contributed by atoms with Gasteiger partial charge in [-0.1, -0.05) is 0 Å². The maximum atomic E-state index is 12.2. The summed E-state index contributed by atoms with van der Waals surface area (Å²) in [6, 6.07) is 0. The zero-order chi connectivity index (χ0) is 13.0. The van der Waals surface area contributed by atoms with Crippen LogP contribution in [-0.2, 0) is 11.2 Å². The molecular formula is C13H22N4O. The lowest BCUT2D eigenvalue weighted by Gasteiger charge is -2.33. The Hall–Kier alpha value is -1.36. The van der Waals surface area contributed by atoms with E-state index in [0.29, 0.717) is 6.54 Å². The van der Waals surface area contributed by atoms with Gasteiger partial charge in [-0.15, -0.1) is 0 Å². The Morgan fingerprint density at radius 3 is 2.83 bits per heavy atom. The van der Waals surface area contributed by atoms with Crippen molar-refractivity contribution in [3.05, 3.63) is 18.2 Å². The largest absolute Gasteiger partial charge is 0.354 e. The van der Waals surface area contributed by atoms with Crippen LogP contribution in [-0.4, -0.2) is 45.9 Å². The van der Waals surface area contributed by atoms with Gasteiger partial charge in [-0.25, -0.2) is 4.98 Å². The molecule has 2 N–H and O–H groups in total. The molecule has 18 heavy (non-hydrogen) atoms. The molecule has 100 valence electrons. The van der Waals surface area contributed by atoms with Crippen LogP contribution in [0, 0.1) is 0 Å². The topological polar surface area (TPSA) is 61.0 Å². The van der Waals surface area contributed by atoms with Crippen LogP contribution in [0.2, 0.25) is 0 Å². The van der Waals surface area contributed by atoms with Crippen molar-refractivity contribution in [2.45, 2.75) is 38.6 Å². The van der Waals surface area contributed by atoms with E-state index >= 15 is 0 Å². The molecule has 5 nitrogen and oxygen atoms in total. The van der Waals surface area contributed by atoms with Crippen molar-refractivity contribution in [2.75, 3.05) is 19.6 Å². The number of amides is 1. The Morgan fingerprint density at radius 1 is 1.50 bits per heavy atom. The first-order valence-electron chi connectivity index (χ1n) is 6.62. The van der Waals surface area contributed by atoms with E-state index in [9.17, 15) is 4.79 Å². The molecule has 1 aliphatic rings. The Balaban J connectivity index is 1.79. The molecule has 1 aromatic heterocycles. The number of hydrogen-bond donors (Lipinski definition) is 2. The highest BCUT2D eigenvalue weighted by Crippen LogP contribution is 2.20. The first-order valence-corrected chi connectivity index (χ1v) is 6.62. The molecule has 0 bridgehead atoms. The van der Waals surface area contributed by atoms with Gasteiger partial charge in [-0.2, -0.15) is 0 Å². The fourth-order valence-electron chi connectivity index (χ4n) is 2.37. The number of nitrogens with zero attached hydrogens (tertiary/aromatic N) is 2. The number of nitrogens with one attached hydrogen (secondary N) is 2. The van der Waals surface area contributed by atoms with E-state index in [2.05, 4.69) is 20.2 Å². The zero-order valence-electron chi connectivity index (χ0n) is 11.2. The number of rotatable bonds is 5. The van der Waals surface area contributed by atoms with Crippen molar-refractivity contribution in [3.63, 3.8) is 0 Å². The lowest BCUT2D eigenvalue weighted by molar-refractivity contribution is -0.131. The Kier molecular flexibility index (Phi) is 4.01. The van der Waals surface area contributed by atoms with Crippen LogP contribution >= 0.6 is 0 Å². The van der Waals surface area contributed by atoms with Gasteiger partial charge in [0.05, 0.1) is 5.54 Å². The van der Waals surface area contributed by atoms with E-state index in [0.717, 1.165) is 25.3 Å². The molecule has 1 aliphatic heterocycles. The molecule has 0 atom stereocenters. The van der Waals surface area contributed by atoms with Crippen LogP contribution in [0.3, 0.4) is 0 Å². The summed E-state index contributed by atoms with van der Waals surface area (Å²) in [6.45, 7) is 6.68. The number of hydrogen-bond acceptors (Lipinski definition) is 3. The number of carbonyl (C=O) groups excluding carboxylic acids is 1. The highest BCUT2D eigenvalue weighted by atomic mass is 16.2. The van der Waals surface area contributed by atoms with Gasteiger partial charge in [0.1, 0.15) is 5.82 Å². The van der Waals surface area contributed by atoms with E-state index in [1.54, 1.807) is 12.4 Å². The first kappa shape index (κ1) is 13.1. The summed E-state index contributed by atoms with van der Waals surface area (Å²) in [7, 11) is 0. The van der Waals surface area contributed by atoms with E-state index in [1.165, 1.54) is 12.8 Å². The highest BCUT2D eigenvalue weighted by Gasteiger charge is 2.35. The lowest BCUT2D eigenvalue weighted by Crippen LogP contribution is -2.54. The third kappa shape index (κ3) is 2.90. The second-order valence-corrected chi connectivity index (χ2v) is 5.29. The molecule has 0 radical (unpaired) electrons. The summed E-state index contributed by atoms with van der Waals surface area (Å²) in [6.07, 6.45) is 6.66. The number of aromatic amines is 1. The van der Waals surface area contributed by atoms with E-state index < -0.39 is 5.54 Å². The quantitative estimate of drug-likeness (QED) is 0.817. The molecule has 0 aliphatic carbocycles. The summed E-state index contributed by atoms with van der Waals surface area (Å²) in [5.41, 5.74) is -0.403. The van der Waals surface area contributed by atoms with Crippen molar-refractivity contribution >= 4 is 5.91 Å². The van der Waals surface area contributed by atoms with Crippen molar-refractivity contribution < 1.29 is 4.79 Å². The monoisotopic (exact) mass is 250 g/mol. The summed E-state index contributed by atoms with van der Waals surface area (Å²) in [5.74, 6) is 1.02. The number of H-pyrrole nitrogens is 1. The molecule has 1 saturated heterocycles. The summed E-state index contributed by atoms with van der Waals surface area (Å²) in [5, 5.41) is 3.00. The second kappa shape index (κ2) is 5.52. The second-order valence-electron chi connectivity index (χ2n) is 5.29. The third-order valence-corrected chi connectivity index (χ3v) is 3.65. The summed E-state index contributed by atoms with van der Waals surface area (Å²) in [4.78, 5) is 21.6. The minimum Gasteiger partial charge on any atom is -0.354 e. The Labute approximate surface area is 108 Å². The van der Waals surface area contributed by atoms with Gasteiger partial charge >= 0.3 is 0 Å². The van der Waals surface area contributed by atoms with Gasteiger partial charge < -0.3 is 10.3 Å². The van der Waals surface area contributed by atoms with E-state index in [4.69, 9.17) is 0 Å². The molecule has 0 unspecified atom stereocenters. The SMILES string of the molecule is CC(C)(C(=O)NCCc1ncc[nH]1)N1CCCC1. The molecular weight excluding hydrogens is 228 g/mol. The van der Waals surface area contributed by atoms with Gasteiger partial charge in [0, 0.05) is 25.4 Å². The summed E-state index contributed by atoms with van der Waals surface area (Å²) < 4.78 is 0. The average Bonchev–Trinajstić information content (AvgIpc) is 3.02. The smallest absolute Gasteiger partial charge is 0.239 e. The van der Waals surface area contributed by atoms with Gasteiger partial charge in [0.2, 0.25) is 5.91 Å². The molecule has 0 saturated carbocycles. The van der Waals surface area contributed by atoms with Crippen molar-refractivity contribution in [3.8, 4) is 0 Å². The standard InChI is InChI=1S/C13H22N4O/c1-13(2,17-9-3-4-10-17)12(18)16-6-5-11-14-7-8-15-11/h7-8H,3-6,9-10H2,1-2H3,(H,14,15)(H,16,18). The van der Waals surface area contributed by atoms with Crippen LogP contribution in [0.5, 0.6) is 0 Å². The third-order valence-electron chi connectivity index (χ3n) is 3.65. The fraction of sp³-hybridized carbons (Fsp3) is 0.692. The number of imidazole rings is 1. The molecule has 2 heterocycles. The molecule has 5 heteroatoms. The normalized spacial score (nSPS) is 17.0. The van der Waals surface area contributed by atoms with Gasteiger partial charge in [-0.05, 0) is 39.8 Å². The maximum absolute atomic E-state index is 12.2. The Morgan fingerprint density at radius 2 is 2.22 bits per heavy atom. The van der Waals surface area contributed by atoms with Crippen LogP contribution < -0.4 is 5.32 Å². The predicted molar refractivity (Wildman–Crippen MR) is 70.2 cm³/mol. The molecule has 2 rings (SSSR count). The van der Waals surface area contributed by atoms with Crippen LogP contribution in [0.1, 0.15) is 32.5 Å². The van der Waals surface area contributed by atoms with Crippen molar-refractivity contribution in [2.24, 2.45) is 0 Å². The summed E-state index contributed by atoms with van der Waals surface area (Å²) >= 11 is 0. The molecule has 1 aromatic rings. The minimum absolute atomic E-state index is 0.107. The van der Waals surface area contributed by atoms with Gasteiger partial charge in [0.25, 0.3) is 0 Å². The number of carbonyl (C=O) groups is 1. The van der Waals surface area contributed by atoms with E-state index in [-0.39, 0.29) is 5.91 Å². The fourth-order valence-corrected chi connectivity index (χ4v) is 2.37. The molecule has 0 aromatic carbocycles. The minimum atomic E-state index is -0.403. The molecule has 0 spiro atoms. The number of aromatic nitrogens is 2. The van der Waals surface area contributed by atoms with Crippen molar-refractivity contribution in [1.82, 2.24) is 20.2 Å². The average molecular weight is 250 g/mol. The van der Waals surface area contributed by atoms with Gasteiger partial charge in [-0.3, -0.25) is 9.69 Å². The highest BCUT2D eigenvalue weighted by molar-refractivity contribution is 5.85. The zero-order valence-corrected chi connectivity index (χ0v) is 11.2. The van der Waals surface area contributed by atoms with Crippen LogP contribution in [0.4, 0.5) is 0 Å². The van der Waals surface area contributed by atoms with Crippen molar-refractivity contribution in [1.29, 1.82) is 0 Å². The molecule has 1 amide bonds. The van der Waals surface area contributed by atoms with Gasteiger partial charge in [0.15, 0.2) is 0 Å².